The van der Waals surface area contributed by atoms with Gasteiger partial charge in [-0.2, -0.15) is 0 Å². The number of aliphatic hydroxyl groups is 1. The van der Waals surface area contributed by atoms with Gasteiger partial charge >= 0.3 is 0 Å². The van der Waals surface area contributed by atoms with E-state index in [0.29, 0.717) is 17.8 Å². The fraction of sp³-hybridized carbons (Fsp3) is 0.800. The van der Waals surface area contributed by atoms with Gasteiger partial charge in [0.25, 0.3) is 0 Å². The number of rotatable bonds is 1. The van der Waals surface area contributed by atoms with Crippen LogP contribution in [0.4, 0.5) is 0 Å². The molecule has 0 aromatic heterocycles. The van der Waals surface area contributed by atoms with E-state index in [-0.39, 0.29) is 6.10 Å². The Morgan fingerprint density at radius 3 is 2.55 bits per heavy atom. The fourth-order valence-electron chi connectivity index (χ4n) is 1.99. The molecule has 1 fully saturated rings. The lowest BCUT2D eigenvalue weighted by molar-refractivity contribution is 0.0134. The van der Waals surface area contributed by atoms with Crippen LogP contribution < -0.4 is 0 Å². The molecule has 1 heteroatoms. The molecule has 0 aliphatic heterocycles. The number of allylic oxidation sites excluding steroid dienone is 1. The Morgan fingerprint density at radius 1 is 1.36 bits per heavy atom. The molecule has 0 aromatic carbocycles. The van der Waals surface area contributed by atoms with E-state index in [1.165, 1.54) is 6.42 Å². The number of aliphatic hydroxyl groups excluding tert-OH is 1. The average molecular weight is 154 g/mol. The van der Waals surface area contributed by atoms with E-state index in [0.717, 1.165) is 6.42 Å². The normalized spacial score (nSPS) is 45.4. The van der Waals surface area contributed by atoms with Gasteiger partial charge in [-0.1, -0.05) is 19.9 Å². The first kappa shape index (κ1) is 8.79. The summed E-state index contributed by atoms with van der Waals surface area (Å²) in [5.74, 6) is 1.40. The zero-order valence-corrected chi connectivity index (χ0v) is 7.46. The Balaban J connectivity index is 2.58. The van der Waals surface area contributed by atoms with Crippen LogP contribution in [0.3, 0.4) is 0 Å². The fourth-order valence-corrected chi connectivity index (χ4v) is 1.99. The molecule has 11 heavy (non-hydrogen) atoms. The highest BCUT2D eigenvalue weighted by Gasteiger charge is 2.31. The monoisotopic (exact) mass is 154 g/mol. The smallest absolute Gasteiger partial charge is 0.0596 e. The van der Waals surface area contributed by atoms with Gasteiger partial charge in [-0.25, -0.2) is 0 Å². The maximum Gasteiger partial charge on any atom is 0.0596 e. The summed E-state index contributed by atoms with van der Waals surface area (Å²) in [5.41, 5.74) is 0. The molecule has 1 N–H and O–H groups in total. The Kier molecular flexibility index (Phi) is 2.72. The van der Waals surface area contributed by atoms with Crippen molar-refractivity contribution in [1.82, 2.24) is 0 Å². The lowest BCUT2D eigenvalue weighted by Gasteiger charge is -2.35. The van der Waals surface area contributed by atoms with Crippen molar-refractivity contribution in [3.05, 3.63) is 12.7 Å². The third-order valence-electron chi connectivity index (χ3n) is 3.06. The minimum absolute atomic E-state index is 0.119. The second-order valence-electron chi connectivity index (χ2n) is 3.80. The SMILES string of the molecule is C=CC1CCC(C)C(O)C1C. The molecule has 4 unspecified atom stereocenters. The highest BCUT2D eigenvalue weighted by Crippen LogP contribution is 2.34. The summed E-state index contributed by atoms with van der Waals surface area (Å²) in [5, 5.41) is 9.70. The second kappa shape index (κ2) is 3.40. The van der Waals surface area contributed by atoms with Gasteiger partial charge < -0.3 is 5.11 Å². The Hall–Kier alpha value is -0.300. The third kappa shape index (κ3) is 1.64. The summed E-state index contributed by atoms with van der Waals surface area (Å²) in [6.07, 6.45) is 4.21. The van der Waals surface area contributed by atoms with Crippen molar-refractivity contribution in [2.24, 2.45) is 17.8 Å². The van der Waals surface area contributed by atoms with Gasteiger partial charge in [0, 0.05) is 0 Å². The Morgan fingerprint density at radius 2 is 2.00 bits per heavy atom. The van der Waals surface area contributed by atoms with Gasteiger partial charge in [0.1, 0.15) is 0 Å². The highest BCUT2D eigenvalue weighted by molar-refractivity contribution is 4.91. The van der Waals surface area contributed by atoms with E-state index < -0.39 is 0 Å². The molecule has 4 atom stereocenters. The Labute approximate surface area is 69.1 Å². The first-order valence-electron chi connectivity index (χ1n) is 4.47. The van der Waals surface area contributed by atoms with E-state index in [4.69, 9.17) is 0 Å². The predicted molar refractivity (Wildman–Crippen MR) is 47.3 cm³/mol. The molecule has 0 saturated heterocycles. The summed E-state index contributed by atoms with van der Waals surface area (Å²) in [6.45, 7) is 8.03. The molecule has 0 amide bonds. The first-order chi connectivity index (χ1) is 5.16. The third-order valence-corrected chi connectivity index (χ3v) is 3.06. The summed E-state index contributed by atoms with van der Waals surface area (Å²) in [6, 6.07) is 0. The van der Waals surface area contributed by atoms with Crippen LogP contribution in [-0.2, 0) is 0 Å². The van der Waals surface area contributed by atoms with Crippen LogP contribution in [0.25, 0.3) is 0 Å². The van der Waals surface area contributed by atoms with Crippen molar-refractivity contribution in [3.63, 3.8) is 0 Å². The standard InChI is InChI=1S/C10H18O/c1-4-9-6-5-7(2)10(11)8(9)3/h4,7-11H,1,5-6H2,2-3H3. The van der Waals surface area contributed by atoms with Crippen molar-refractivity contribution in [2.75, 3.05) is 0 Å². The maximum atomic E-state index is 9.70. The molecular formula is C10H18O. The van der Waals surface area contributed by atoms with Gasteiger partial charge in [0.05, 0.1) is 6.10 Å². The van der Waals surface area contributed by atoms with Crippen molar-refractivity contribution < 1.29 is 5.11 Å². The van der Waals surface area contributed by atoms with Crippen molar-refractivity contribution in [3.8, 4) is 0 Å². The molecule has 0 aromatic rings. The lowest BCUT2D eigenvalue weighted by atomic mass is 9.73. The van der Waals surface area contributed by atoms with Gasteiger partial charge in [0.15, 0.2) is 0 Å². The van der Waals surface area contributed by atoms with E-state index in [9.17, 15) is 5.11 Å². The minimum atomic E-state index is -0.119. The van der Waals surface area contributed by atoms with Crippen LogP contribution in [0.5, 0.6) is 0 Å². The molecule has 1 nitrogen and oxygen atoms in total. The van der Waals surface area contributed by atoms with E-state index in [1.807, 2.05) is 6.08 Å². The quantitative estimate of drug-likeness (QED) is 0.574. The van der Waals surface area contributed by atoms with Gasteiger partial charge in [0.2, 0.25) is 0 Å². The van der Waals surface area contributed by atoms with Crippen LogP contribution in [0.2, 0.25) is 0 Å². The van der Waals surface area contributed by atoms with Gasteiger partial charge in [-0.3, -0.25) is 0 Å². The van der Waals surface area contributed by atoms with Crippen LogP contribution in [0, 0.1) is 17.8 Å². The molecule has 0 bridgehead atoms. The molecule has 0 radical (unpaired) electrons. The maximum absolute atomic E-state index is 9.70. The summed E-state index contributed by atoms with van der Waals surface area (Å²) in [7, 11) is 0. The first-order valence-corrected chi connectivity index (χ1v) is 4.47. The lowest BCUT2D eigenvalue weighted by Crippen LogP contribution is -2.35. The summed E-state index contributed by atoms with van der Waals surface area (Å²) >= 11 is 0. The largest absolute Gasteiger partial charge is 0.393 e. The Bertz CT molecular complexity index is 142. The molecule has 0 heterocycles. The zero-order valence-electron chi connectivity index (χ0n) is 7.46. The molecule has 64 valence electrons. The van der Waals surface area contributed by atoms with Crippen molar-refractivity contribution in [1.29, 1.82) is 0 Å². The van der Waals surface area contributed by atoms with E-state index in [2.05, 4.69) is 20.4 Å². The second-order valence-corrected chi connectivity index (χ2v) is 3.80. The van der Waals surface area contributed by atoms with Crippen LogP contribution in [-0.4, -0.2) is 11.2 Å². The highest BCUT2D eigenvalue weighted by atomic mass is 16.3. The molecule has 1 saturated carbocycles. The summed E-state index contributed by atoms with van der Waals surface area (Å²) < 4.78 is 0. The van der Waals surface area contributed by atoms with E-state index in [1.54, 1.807) is 0 Å². The molecule has 1 aliphatic carbocycles. The molecular weight excluding hydrogens is 136 g/mol. The molecule has 1 aliphatic rings. The van der Waals surface area contributed by atoms with Gasteiger partial charge in [-0.15, -0.1) is 6.58 Å². The number of hydrogen-bond donors (Lipinski definition) is 1. The average Bonchev–Trinajstić information content (AvgIpc) is 2.01. The van der Waals surface area contributed by atoms with Crippen LogP contribution in [0.1, 0.15) is 26.7 Å². The van der Waals surface area contributed by atoms with Crippen molar-refractivity contribution >= 4 is 0 Å². The van der Waals surface area contributed by atoms with Crippen molar-refractivity contribution in [2.45, 2.75) is 32.8 Å². The molecule has 0 spiro atoms. The topological polar surface area (TPSA) is 20.2 Å². The van der Waals surface area contributed by atoms with Crippen LogP contribution >= 0.6 is 0 Å². The number of hydrogen-bond acceptors (Lipinski definition) is 1. The summed E-state index contributed by atoms with van der Waals surface area (Å²) in [4.78, 5) is 0. The van der Waals surface area contributed by atoms with Crippen LogP contribution in [0.15, 0.2) is 12.7 Å². The van der Waals surface area contributed by atoms with E-state index >= 15 is 0 Å². The molecule has 1 rings (SSSR count). The zero-order chi connectivity index (χ0) is 8.43. The predicted octanol–water partition coefficient (Wildman–Crippen LogP) is 2.22. The van der Waals surface area contributed by atoms with Gasteiger partial charge in [-0.05, 0) is 30.6 Å². The minimum Gasteiger partial charge on any atom is -0.393 e.